The lowest BCUT2D eigenvalue weighted by Crippen LogP contribution is -2.11. The van der Waals surface area contributed by atoms with Gasteiger partial charge in [-0.2, -0.15) is 0 Å². The Morgan fingerprint density at radius 2 is 2.29 bits per heavy atom. The van der Waals surface area contributed by atoms with Crippen molar-refractivity contribution >= 4 is 27.7 Å². The van der Waals surface area contributed by atoms with E-state index in [4.69, 9.17) is 0 Å². The third-order valence-electron chi connectivity index (χ3n) is 2.38. The molecule has 0 bridgehead atoms. The van der Waals surface area contributed by atoms with E-state index in [1.807, 2.05) is 12.1 Å². The van der Waals surface area contributed by atoms with Crippen molar-refractivity contribution in [3.63, 3.8) is 0 Å². The first-order valence-corrected chi connectivity index (χ1v) is 6.60. The molecular weight excluding hydrogens is 260 g/mol. The summed E-state index contributed by atoms with van der Waals surface area (Å²) in [6.07, 6.45) is 2.31. The number of thioether (sulfide) groups is 1. The molecule has 0 radical (unpaired) electrons. The SMILES string of the molecule is OC(CSc1cccc(Br)c1)C1CC1. The van der Waals surface area contributed by atoms with Gasteiger partial charge in [-0.05, 0) is 37.0 Å². The van der Waals surface area contributed by atoms with Gasteiger partial charge in [-0.3, -0.25) is 0 Å². The summed E-state index contributed by atoms with van der Waals surface area (Å²) in [5.41, 5.74) is 0. The third kappa shape index (κ3) is 3.01. The second-order valence-electron chi connectivity index (χ2n) is 3.67. The second kappa shape index (κ2) is 4.69. The molecule has 1 fully saturated rings. The van der Waals surface area contributed by atoms with Crippen LogP contribution in [0.15, 0.2) is 33.6 Å². The first-order chi connectivity index (χ1) is 6.75. The standard InChI is InChI=1S/C11H13BrOS/c12-9-2-1-3-10(6-9)14-7-11(13)8-4-5-8/h1-3,6,8,11,13H,4-5,7H2. The van der Waals surface area contributed by atoms with E-state index in [0.29, 0.717) is 5.92 Å². The Morgan fingerprint density at radius 1 is 1.50 bits per heavy atom. The summed E-state index contributed by atoms with van der Waals surface area (Å²) in [4.78, 5) is 1.22. The van der Waals surface area contributed by atoms with Gasteiger partial charge in [0.05, 0.1) is 6.10 Å². The van der Waals surface area contributed by atoms with Crippen molar-refractivity contribution in [3.05, 3.63) is 28.7 Å². The molecule has 0 heterocycles. The van der Waals surface area contributed by atoms with Gasteiger partial charge in [0.2, 0.25) is 0 Å². The van der Waals surface area contributed by atoms with Gasteiger partial charge in [-0.15, -0.1) is 11.8 Å². The van der Waals surface area contributed by atoms with E-state index in [0.717, 1.165) is 10.2 Å². The average Bonchev–Trinajstić information content (AvgIpc) is 2.97. The van der Waals surface area contributed by atoms with Gasteiger partial charge in [-0.25, -0.2) is 0 Å². The Morgan fingerprint density at radius 3 is 2.93 bits per heavy atom. The zero-order valence-corrected chi connectivity index (χ0v) is 10.2. The minimum Gasteiger partial charge on any atom is -0.392 e. The lowest BCUT2D eigenvalue weighted by Gasteiger charge is -2.08. The largest absolute Gasteiger partial charge is 0.392 e. The smallest absolute Gasteiger partial charge is 0.0662 e. The van der Waals surface area contributed by atoms with E-state index in [1.54, 1.807) is 11.8 Å². The Labute approximate surface area is 97.0 Å². The molecule has 1 aromatic rings. The molecule has 0 saturated heterocycles. The van der Waals surface area contributed by atoms with Crippen LogP contribution in [0.25, 0.3) is 0 Å². The zero-order chi connectivity index (χ0) is 9.97. The molecule has 1 unspecified atom stereocenters. The summed E-state index contributed by atoms with van der Waals surface area (Å²) in [7, 11) is 0. The summed E-state index contributed by atoms with van der Waals surface area (Å²) in [6.45, 7) is 0. The molecule has 1 atom stereocenters. The van der Waals surface area contributed by atoms with Crippen molar-refractivity contribution in [1.82, 2.24) is 0 Å². The van der Waals surface area contributed by atoms with Gasteiger partial charge >= 0.3 is 0 Å². The molecule has 0 amide bonds. The highest BCUT2D eigenvalue weighted by Crippen LogP contribution is 2.35. The summed E-state index contributed by atoms with van der Waals surface area (Å²) >= 11 is 5.17. The normalized spacial score (nSPS) is 18.1. The quantitative estimate of drug-likeness (QED) is 0.849. The van der Waals surface area contributed by atoms with Gasteiger partial charge in [-0.1, -0.05) is 22.0 Å². The van der Waals surface area contributed by atoms with Crippen molar-refractivity contribution in [2.45, 2.75) is 23.8 Å². The maximum absolute atomic E-state index is 9.69. The van der Waals surface area contributed by atoms with Gasteiger partial charge in [0, 0.05) is 15.1 Å². The van der Waals surface area contributed by atoms with Crippen LogP contribution < -0.4 is 0 Å². The molecule has 1 aliphatic carbocycles. The monoisotopic (exact) mass is 272 g/mol. The first kappa shape index (κ1) is 10.5. The van der Waals surface area contributed by atoms with E-state index in [-0.39, 0.29) is 6.10 Å². The lowest BCUT2D eigenvalue weighted by atomic mass is 10.3. The second-order valence-corrected chi connectivity index (χ2v) is 5.68. The highest BCUT2D eigenvalue weighted by atomic mass is 79.9. The van der Waals surface area contributed by atoms with Gasteiger partial charge < -0.3 is 5.11 Å². The van der Waals surface area contributed by atoms with Crippen molar-refractivity contribution in [2.24, 2.45) is 5.92 Å². The lowest BCUT2D eigenvalue weighted by molar-refractivity contribution is 0.176. The molecule has 1 saturated carbocycles. The number of rotatable bonds is 4. The van der Waals surface area contributed by atoms with Crippen LogP contribution in [0.2, 0.25) is 0 Å². The average molecular weight is 273 g/mol. The Bertz CT molecular complexity index is 312. The molecule has 0 spiro atoms. The maximum Gasteiger partial charge on any atom is 0.0662 e. The van der Waals surface area contributed by atoms with Crippen molar-refractivity contribution in [2.75, 3.05) is 5.75 Å². The molecule has 1 N–H and O–H groups in total. The fourth-order valence-electron chi connectivity index (χ4n) is 1.36. The third-order valence-corrected chi connectivity index (χ3v) is 3.97. The van der Waals surface area contributed by atoms with Crippen LogP contribution in [-0.2, 0) is 0 Å². The summed E-state index contributed by atoms with van der Waals surface area (Å²) < 4.78 is 1.10. The molecule has 0 aliphatic heterocycles. The number of aliphatic hydroxyl groups excluding tert-OH is 1. The molecule has 1 nitrogen and oxygen atoms in total. The summed E-state index contributed by atoms with van der Waals surface area (Å²) in [5, 5.41) is 9.69. The highest BCUT2D eigenvalue weighted by molar-refractivity contribution is 9.10. The molecule has 0 aromatic heterocycles. The van der Waals surface area contributed by atoms with Gasteiger partial charge in [0.25, 0.3) is 0 Å². The minimum atomic E-state index is -0.112. The summed E-state index contributed by atoms with van der Waals surface area (Å²) in [6, 6.07) is 8.20. The van der Waals surface area contributed by atoms with E-state index in [2.05, 4.69) is 28.1 Å². The van der Waals surface area contributed by atoms with E-state index < -0.39 is 0 Å². The van der Waals surface area contributed by atoms with Crippen LogP contribution in [0.4, 0.5) is 0 Å². The predicted octanol–water partition coefficient (Wildman–Crippen LogP) is 3.31. The highest BCUT2D eigenvalue weighted by Gasteiger charge is 2.29. The molecule has 14 heavy (non-hydrogen) atoms. The number of hydrogen-bond acceptors (Lipinski definition) is 2. The van der Waals surface area contributed by atoms with E-state index >= 15 is 0 Å². The Hall–Kier alpha value is 0.01000. The zero-order valence-electron chi connectivity index (χ0n) is 7.82. The molecule has 76 valence electrons. The molecule has 3 heteroatoms. The Balaban J connectivity index is 1.84. The van der Waals surface area contributed by atoms with Crippen LogP contribution in [0, 0.1) is 5.92 Å². The van der Waals surface area contributed by atoms with Crippen LogP contribution in [-0.4, -0.2) is 17.0 Å². The minimum absolute atomic E-state index is 0.112. The van der Waals surface area contributed by atoms with Gasteiger partial charge in [0.1, 0.15) is 0 Å². The number of benzene rings is 1. The van der Waals surface area contributed by atoms with Gasteiger partial charge in [0.15, 0.2) is 0 Å². The van der Waals surface area contributed by atoms with Crippen LogP contribution in [0.1, 0.15) is 12.8 Å². The summed E-state index contributed by atoms with van der Waals surface area (Å²) in [5.74, 6) is 1.40. The van der Waals surface area contributed by atoms with E-state index in [9.17, 15) is 5.11 Å². The molecule has 2 rings (SSSR count). The van der Waals surface area contributed by atoms with Crippen molar-refractivity contribution in [3.8, 4) is 0 Å². The maximum atomic E-state index is 9.69. The topological polar surface area (TPSA) is 20.2 Å². The number of hydrogen-bond donors (Lipinski definition) is 1. The number of aliphatic hydroxyl groups is 1. The number of halogens is 1. The fourth-order valence-corrected chi connectivity index (χ4v) is 2.93. The van der Waals surface area contributed by atoms with Crippen molar-refractivity contribution in [1.29, 1.82) is 0 Å². The predicted molar refractivity (Wildman–Crippen MR) is 63.6 cm³/mol. The fraction of sp³-hybridized carbons (Fsp3) is 0.455. The molecule has 1 aromatic carbocycles. The molecule has 1 aliphatic rings. The van der Waals surface area contributed by atoms with E-state index in [1.165, 1.54) is 17.7 Å². The van der Waals surface area contributed by atoms with Crippen LogP contribution in [0.5, 0.6) is 0 Å². The van der Waals surface area contributed by atoms with Crippen LogP contribution >= 0.6 is 27.7 Å². The van der Waals surface area contributed by atoms with Crippen molar-refractivity contribution < 1.29 is 5.11 Å². The molecular formula is C11H13BrOS. The van der Waals surface area contributed by atoms with Crippen LogP contribution in [0.3, 0.4) is 0 Å². The first-order valence-electron chi connectivity index (χ1n) is 4.82. The Kier molecular flexibility index (Phi) is 3.52.